The van der Waals surface area contributed by atoms with Crippen LogP contribution in [0, 0.1) is 27.1 Å². The van der Waals surface area contributed by atoms with Crippen LogP contribution >= 0.6 is 0 Å². The topological polar surface area (TPSA) is 82.1 Å². The molecule has 0 aromatic heterocycles. The molecule has 6 nitrogen and oxygen atoms in total. The summed E-state index contributed by atoms with van der Waals surface area (Å²) < 4.78 is 0. The lowest BCUT2D eigenvalue weighted by atomic mass is 9.68. The molecule has 0 fully saturated rings. The number of carbonyl (C=O) groups is 2. The average molecular weight is 461 g/mol. The third-order valence-electron chi connectivity index (χ3n) is 4.48. The van der Waals surface area contributed by atoms with Crippen molar-refractivity contribution in [3.8, 4) is 0 Å². The Morgan fingerprint density at radius 1 is 0.625 bits per heavy atom. The first-order valence-electron chi connectivity index (χ1n) is 11.5. The van der Waals surface area contributed by atoms with Crippen molar-refractivity contribution in [3.63, 3.8) is 0 Å². The first kappa shape index (κ1) is 33.0. The molecule has 0 spiro atoms. The molecular weight excluding hydrogens is 408 g/mol. The molecule has 0 atom stereocenters. The predicted octanol–water partition coefficient (Wildman–Crippen LogP) is 7.60. The largest absolute Gasteiger partial charge is 0.347 e. The second-order valence-corrected chi connectivity index (χ2v) is 14.5. The highest BCUT2D eigenvalue weighted by Crippen LogP contribution is 2.42. The van der Waals surface area contributed by atoms with Gasteiger partial charge in [0.25, 0.3) is 0 Å². The van der Waals surface area contributed by atoms with Gasteiger partial charge in [-0.25, -0.2) is 9.59 Å². The molecule has 6 heteroatoms. The summed E-state index contributed by atoms with van der Waals surface area (Å²) in [6.07, 6.45) is 2.52. The van der Waals surface area contributed by atoms with Gasteiger partial charge in [-0.15, -0.1) is 0 Å². The van der Waals surface area contributed by atoms with E-state index < -0.39 is 22.4 Å². The van der Waals surface area contributed by atoms with Gasteiger partial charge in [0.15, 0.2) is 0 Å². The van der Waals surface area contributed by atoms with Gasteiger partial charge in [-0.05, 0) is 84.0 Å². The fourth-order valence-electron chi connectivity index (χ4n) is 4.47. The second-order valence-electron chi connectivity index (χ2n) is 14.5. The second kappa shape index (κ2) is 11.3. The summed E-state index contributed by atoms with van der Waals surface area (Å²) in [5, 5.41) is 8.45. The highest BCUT2D eigenvalue weighted by Gasteiger charge is 2.38. The minimum absolute atomic E-state index is 0.0376. The predicted molar refractivity (Wildman–Crippen MR) is 130 cm³/mol. The molecule has 0 aliphatic rings. The van der Waals surface area contributed by atoms with E-state index >= 15 is 0 Å². The van der Waals surface area contributed by atoms with Crippen molar-refractivity contribution in [2.45, 2.75) is 129 Å². The fourth-order valence-corrected chi connectivity index (χ4v) is 4.47. The molecule has 0 aliphatic heterocycles. The highest BCUT2D eigenvalue weighted by molar-refractivity contribution is 5.75. The number of hydrogen-bond donors (Lipinski definition) is 1. The summed E-state index contributed by atoms with van der Waals surface area (Å²) in [6.45, 7) is 30.1. The molecule has 0 saturated carbocycles. The molecule has 0 amide bonds. The van der Waals surface area contributed by atoms with Crippen LogP contribution in [-0.4, -0.2) is 22.8 Å². The van der Waals surface area contributed by atoms with Gasteiger partial charge in [0.05, 0.1) is 10.8 Å². The van der Waals surface area contributed by atoms with Gasteiger partial charge in [0.1, 0.15) is 5.60 Å². The van der Waals surface area contributed by atoms with E-state index in [1.807, 2.05) is 13.8 Å². The molecule has 0 rings (SSSR count). The fraction of sp³-hybridized carbons (Fsp3) is 0.923. The maximum Gasteiger partial charge on any atom is 0.347 e. The Morgan fingerprint density at radius 2 is 1.03 bits per heavy atom. The maximum atomic E-state index is 11.5. The zero-order valence-electron chi connectivity index (χ0n) is 23.6. The van der Waals surface area contributed by atoms with Crippen LogP contribution < -0.4 is 0 Å². The van der Waals surface area contributed by atoms with Gasteiger partial charge in [0, 0.05) is 0 Å². The SMILES string of the molecule is CC(C)(C)CC(C)(C)CC(C)(C)C(=O)OO.CC(C)(C)CC(C)(C)OOC(=O)C(C)(C)C. The quantitative estimate of drug-likeness (QED) is 0.311. The van der Waals surface area contributed by atoms with E-state index in [-0.39, 0.29) is 22.2 Å². The lowest BCUT2D eigenvalue weighted by molar-refractivity contribution is -0.334. The number of hydrogen-bond acceptors (Lipinski definition) is 6. The van der Waals surface area contributed by atoms with Crippen LogP contribution in [0.3, 0.4) is 0 Å². The molecule has 0 aromatic carbocycles. The van der Waals surface area contributed by atoms with Crippen molar-refractivity contribution in [2.24, 2.45) is 27.1 Å². The van der Waals surface area contributed by atoms with Gasteiger partial charge in [-0.2, -0.15) is 10.1 Å². The molecule has 0 saturated heterocycles. The molecule has 0 unspecified atom stereocenters. The maximum absolute atomic E-state index is 11.5. The lowest BCUT2D eigenvalue weighted by Crippen LogP contribution is -2.33. The third kappa shape index (κ3) is 16.5. The Morgan fingerprint density at radius 3 is 1.34 bits per heavy atom. The first-order chi connectivity index (χ1) is 13.7. The van der Waals surface area contributed by atoms with Crippen LogP contribution in [0.4, 0.5) is 0 Å². The molecule has 0 aliphatic carbocycles. The monoisotopic (exact) mass is 460 g/mol. The standard InChI is InChI=1S/2C13H26O3/c1-11(2,3)9-13(7,8)16-15-10(14)12(4,5)6;1-11(2,3)8-12(4,5)9-13(6,7)10(14)16-15/h9H2,1-8H3;15H,8-9H2,1-7H3. The molecule has 0 bridgehead atoms. The van der Waals surface area contributed by atoms with Crippen LogP contribution in [0.15, 0.2) is 0 Å². The Balaban J connectivity index is 0. The van der Waals surface area contributed by atoms with Crippen LogP contribution in [-0.2, 0) is 24.3 Å². The van der Waals surface area contributed by atoms with Crippen LogP contribution in [0.2, 0.25) is 0 Å². The van der Waals surface area contributed by atoms with Gasteiger partial charge >= 0.3 is 11.9 Å². The minimum atomic E-state index is -0.649. The van der Waals surface area contributed by atoms with E-state index in [0.29, 0.717) is 6.42 Å². The molecule has 32 heavy (non-hydrogen) atoms. The Kier molecular flexibility index (Phi) is 11.7. The van der Waals surface area contributed by atoms with E-state index in [1.165, 1.54) is 0 Å². The van der Waals surface area contributed by atoms with E-state index in [1.54, 1.807) is 34.6 Å². The number of carbonyl (C=O) groups excluding carboxylic acids is 2. The van der Waals surface area contributed by atoms with Crippen molar-refractivity contribution in [2.75, 3.05) is 0 Å². The van der Waals surface area contributed by atoms with Crippen molar-refractivity contribution < 1.29 is 29.5 Å². The lowest BCUT2D eigenvalue weighted by Gasteiger charge is -2.37. The summed E-state index contributed by atoms with van der Waals surface area (Å²) in [7, 11) is 0. The van der Waals surface area contributed by atoms with Gasteiger partial charge in [-0.1, -0.05) is 55.4 Å². The summed E-state index contributed by atoms with van der Waals surface area (Å²) in [5.74, 6) is -0.899. The summed E-state index contributed by atoms with van der Waals surface area (Å²) in [5.41, 5.74) is -1.24. The minimum Gasteiger partial charge on any atom is -0.300 e. The van der Waals surface area contributed by atoms with Gasteiger partial charge in [0.2, 0.25) is 0 Å². The molecule has 192 valence electrons. The van der Waals surface area contributed by atoms with E-state index in [2.05, 4.69) is 60.3 Å². The summed E-state index contributed by atoms with van der Waals surface area (Å²) >= 11 is 0. The van der Waals surface area contributed by atoms with Crippen LogP contribution in [0.25, 0.3) is 0 Å². The molecule has 0 aromatic rings. The van der Waals surface area contributed by atoms with Crippen molar-refractivity contribution in [3.05, 3.63) is 0 Å². The Hall–Kier alpha value is -1.14. The average Bonchev–Trinajstić information content (AvgIpc) is 2.45. The van der Waals surface area contributed by atoms with Crippen molar-refractivity contribution >= 4 is 11.9 Å². The smallest absolute Gasteiger partial charge is 0.300 e. The van der Waals surface area contributed by atoms with E-state index in [9.17, 15) is 9.59 Å². The first-order valence-corrected chi connectivity index (χ1v) is 11.5. The summed E-state index contributed by atoms with van der Waals surface area (Å²) in [4.78, 5) is 36.9. The number of rotatable bonds is 7. The molecule has 0 radical (unpaired) electrons. The van der Waals surface area contributed by atoms with Crippen LogP contribution in [0.1, 0.15) is 123 Å². The molecular formula is C26H52O6. The normalized spacial score (nSPS) is 13.8. The summed E-state index contributed by atoms with van der Waals surface area (Å²) in [6, 6.07) is 0. The third-order valence-corrected chi connectivity index (χ3v) is 4.48. The van der Waals surface area contributed by atoms with Gasteiger partial charge < -0.3 is 4.89 Å². The molecule has 0 heterocycles. The van der Waals surface area contributed by atoms with E-state index in [4.69, 9.17) is 15.0 Å². The Labute approximate surface area is 197 Å². The van der Waals surface area contributed by atoms with Gasteiger partial charge in [-0.3, -0.25) is 4.89 Å². The highest BCUT2D eigenvalue weighted by atomic mass is 17.2. The zero-order chi connectivity index (χ0) is 26.4. The van der Waals surface area contributed by atoms with Crippen LogP contribution in [0.5, 0.6) is 0 Å². The molecule has 1 N–H and O–H groups in total. The van der Waals surface area contributed by atoms with Crippen molar-refractivity contribution in [1.29, 1.82) is 0 Å². The zero-order valence-corrected chi connectivity index (χ0v) is 23.6. The van der Waals surface area contributed by atoms with E-state index in [0.717, 1.165) is 12.8 Å². The Bertz CT molecular complexity index is 593. The van der Waals surface area contributed by atoms with Crippen molar-refractivity contribution in [1.82, 2.24) is 0 Å².